The van der Waals surface area contributed by atoms with Gasteiger partial charge in [0.2, 0.25) is 11.7 Å². The topological polar surface area (TPSA) is 122 Å². The molecule has 0 amide bonds. The Bertz CT molecular complexity index is 771. The Hall–Kier alpha value is -2.13. The number of nitrogens with one attached hydrogen (secondary N) is 1. The first kappa shape index (κ1) is 14.3. The van der Waals surface area contributed by atoms with Crippen LogP contribution in [0.5, 0.6) is 0 Å². The summed E-state index contributed by atoms with van der Waals surface area (Å²) in [6.45, 7) is 1.33. The lowest BCUT2D eigenvalue weighted by Gasteiger charge is -2.04. The summed E-state index contributed by atoms with van der Waals surface area (Å²) in [7, 11) is -4.06. The number of furan rings is 1. The molecule has 0 fully saturated rings. The van der Waals surface area contributed by atoms with Gasteiger partial charge in [0.25, 0.3) is 10.0 Å². The van der Waals surface area contributed by atoms with Crippen LogP contribution >= 0.6 is 11.6 Å². The minimum atomic E-state index is -4.06. The Morgan fingerprint density at radius 3 is 2.75 bits per heavy atom. The van der Waals surface area contributed by atoms with Crippen molar-refractivity contribution in [2.75, 3.05) is 4.72 Å². The van der Waals surface area contributed by atoms with Crippen LogP contribution < -0.4 is 4.72 Å². The van der Waals surface area contributed by atoms with Crippen molar-refractivity contribution in [3.63, 3.8) is 0 Å². The third kappa shape index (κ3) is 2.89. The number of anilines is 1. The van der Waals surface area contributed by atoms with Crippen LogP contribution in [0.25, 0.3) is 0 Å². The molecule has 2 rings (SSSR count). The molecule has 0 radical (unpaired) electrons. The largest absolute Gasteiger partial charge is 0.475 e. The summed E-state index contributed by atoms with van der Waals surface area (Å²) in [4.78, 5) is 17.8. The molecule has 0 unspecified atom stereocenters. The van der Waals surface area contributed by atoms with E-state index < -0.39 is 21.8 Å². The molecule has 10 heteroatoms. The van der Waals surface area contributed by atoms with Gasteiger partial charge in [-0.15, -0.1) is 0 Å². The molecule has 0 aliphatic carbocycles. The fraction of sp³-hybridized carbons (Fsp3) is 0.100. The van der Waals surface area contributed by atoms with Crippen LogP contribution in [-0.2, 0) is 10.0 Å². The zero-order valence-corrected chi connectivity index (χ0v) is 11.6. The van der Waals surface area contributed by atoms with E-state index in [0.717, 1.165) is 6.07 Å². The zero-order valence-electron chi connectivity index (χ0n) is 9.99. The zero-order chi connectivity index (χ0) is 14.9. The monoisotopic (exact) mass is 317 g/mol. The summed E-state index contributed by atoms with van der Waals surface area (Å²) < 4.78 is 31.1. The first-order valence-electron chi connectivity index (χ1n) is 5.14. The number of halogens is 1. The number of aromatic nitrogens is 2. The van der Waals surface area contributed by atoms with Gasteiger partial charge in [0.15, 0.2) is 0 Å². The number of hydrogen-bond donors (Lipinski definition) is 2. The fourth-order valence-electron chi connectivity index (χ4n) is 1.40. The number of aryl methyl sites for hydroxylation is 1. The first-order chi connectivity index (χ1) is 9.29. The van der Waals surface area contributed by atoms with E-state index in [1.165, 1.54) is 19.2 Å². The summed E-state index contributed by atoms with van der Waals surface area (Å²) in [5.74, 6) is -2.13. The summed E-state index contributed by atoms with van der Waals surface area (Å²) in [5.41, 5.74) is 0. The van der Waals surface area contributed by atoms with E-state index >= 15 is 0 Å². The van der Waals surface area contributed by atoms with Crippen molar-refractivity contribution < 1.29 is 22.7 Å². The number of sulfonamides is 1. The highest BCUT2D eigenvalue weighted by atomic mass is 35.5. The van der Waals surface area contributed by atoms with Crippen LogP contribution in [0, 0.1) is 6.92 Å². The van der Waals surface area contributed by atoms with Gasteiger partial charge in [0.1, 0.15) is 15.8 Å². The van der Waals surface area contributed by atoms with Gasteiger partial charge in [-0.1, -0.05) is 11.6 Å². The molecule has 0 bridgehead atoms. The summed E-state index contributed by atoms with van der Waals surface area (Å²) in [6.07, 6.45) is 1.28. The molecule has 2 aromatic heterocycles. The van der Waals surface area contributed by atoms with E-state index in [4.69, 9.17) is 21.1 Å². The van der Waals surface area contributed by atoms with Crippen LogP contribution in [0.3, 0.4) is 0 Å². The molecule has 2 heterocycles. The van der Waals surface area contributed by atoms with Crippen molar-refractivity contribution in [2.45, 2.75) is 11.8 Å². The Kier molecular flexibility index (Phi) is 3.64. The van der Waals surface area contributed by atoms with Gasteiger partial charge in [0, 0.05) is 12.3 Å². The van der Waals surface area contributed by atoms with Crippen molar-refractivity contribution in [3.05, 3.63) is 35.0 Å². The van der Waals surface area contributed by atoms with Gasteiger partial charge in [0.05, 0.1) is 0 Å². The average Bonchev–Trinajstić information content (AvgIpc) is 2.71. The average molecular weight is 318 g/mol. The molecule has 106 valence electrons. The number of carbonyl (C=O) groups is 1. The molecule has 0 aliphatic heterocycles. The van der Waals surface area contributed by atoms with E-state index in [1.54, 1.807) is 0 Å². The molecule has 8 nitrogen and oxygen atoms in total. The van der Waals surface area contributed by atoms with Gasteiger partial charge in [-0.3, -0.25) is 0 Å². The second-order valence-electron chi connectivity index (χ2n) is 3.64. The lowest BCUT2D eigenvalue weighted by Crippen LogP contribution is -2.15. The predicted molar refractivity (Wildman–Crippen MR) is 68.3 cm³/mol. The molecule has 0 aromatic carbocycles. The fourth-order valence-corrected chi connectivity index (χ4v) is 2.67. The number of aromatic carboxylic acids is 1. The second kappa shape index (κ2) is 5.10. The maximum Gasteiger partial charge on any atom is 0.371 e. The van der Waals surface area contributed by atoms with E-state index in [2.05, 4.69) is 14.7 Å². The van der Waals surface area contributed by atoms with E-state index in [9.17, 15) is 13.2 Å². The van der Waals surface area contributed by atoms with E-state index in [1.807, 2.05) is 0 Å². The third-order valence-electron chi connectivity index (χ3n) is 2.22. The highest BCUT2D eigenvalue weighted by molar-refractivity contribution is 7.92. The molecule has 0 aliphatic rings. The van der Waals surface area contributed by atoms with Gasteiger partial charge in [-0.05, 0) is 13.0 Å². The minimum Gasteiger partial charge on any atom is -0.475 e. The van der Waals surface area contributed by atoms with Crippen molar-refractivity contribution in [1.82, 2.24) is 9.97 Å². The second-order valence-corrected chi connectivity index (χ2v) is 5.68. The molecule has 0 saturated carbocycles. The Labute approximate surface area is 118 Å². The molecule has 0 atom stereocenters. The highest BCUT2D eigenvalue weighted by Crippen LogP contribution is 2.22. The van der Waals surface area contributed by atoms with Crippen LogP contribution in [0.4, 0.5) is 5.95 Å². The van der Waals surface area contributed by atoms with Crippen LogP contribution in [-0.4, -0.2) is 29.5 Å². The molecule has 0 spiro atoms. The number of carboxylic acids is 1. The number of hydrogen-bond acceptors (Lipinski definition) is 6. The minimum absolute atomic E-state index is 0.0584. The molecule has 0 saturated heterocycles. The lowest BCUT2D eigenvalue weighted by molar-refractivity contribution is 0.0661. The van der Waals surface area contributed by atoms with E-state index in [0.29, 0.717) is 0 Å². The van der Waals surface area contributed by atoms with Crippen LogP contribution in [0.15, 0.2) is 27.6 Å². The smallest absolute Gasteiger partial charge is 0.371 e. The quantitative estimate of drug-likeness (QED) is 0.820. The Balaban J connectivity index is 2.38. The van der Waals surface area contributed by atoms with Gasteiger partial charge in [-0.25, -0.2) is 27.9 Å². The number of carboxylic acid groups (broad SMARTS) is 1. The van der Waals surface area contributed by atoms with Gasteiger partial charge in [-0.2, -0.15) is 0 Å². The summed E-state index contributed by atoms with van der Waals surface area (Å²) >= 11 is 5.61. The SMILES string of the molecule is Cc1oc(C(=O)O)cc1S(=O)(=O)Nc1nccc(Cl)n1. The predicted octanol–water partition coefficient (Wildman–Crippen LogP) is 1.53. The third-order valence-corrected chi connectivity index (χ3v) is 3.87. The maximum atomic E-state index is 12.1. The Morgan fingerprint density at radius 1 is 1.50 bits per heavy atom. The molecule has 2 aromatic rings. The Morgan fingerprint density at radius 2 is 2.20 bits per heavy atom. The normalized spacial score (nSPS) is 11.3. The van der Waals surface area contributed by atoms with Crippen molar-refractivity contribution in [3.8, 4) is 0 Å². The molecule has 2 N–H and O–H groups in total. The summed E-state index contributed by atoms with van der Waals surface area (Å²) in [6, 6.07) is 2.29. The standard InChI is InChI=1S/C10H8ClN3O5S/c1-5-7(4-6(19-5)9(15)16)20(17,18)14-10-12-3-2-8(11)13-10/h2-4H,1H3,(H,15,16)(H,12,13,14). The van der Waals surface area contributed by atoms with Gasteiger partial charge < -0.3 is 9.52 Å². The molecular weight excluding hydrogens is 310 g/mol. The van der Waals surface area contributed by atoms with Gasteiger partial charge >= 0.3 is 5.97 Å². The van der Waals surface area contributed by atoms with Crippen LogP contribution in [0.2, 0.25) is 5.15 Å². The number of nitrogens with zero attached hydrogens (tertiary/aromatic N) is 2. The summed E-state index contributed by atoms with van der Waals surface area (Å²) in [5, 5.41) is 8.83. The van der Waals surface area contributed by atoms with E-state index in [-0.39, 0.29) is 21.8 Å². The highest BCUT2D eigenvalue weighted by Gasteiger charge is 2.24. The lowest BCUT2D eigenvalue weighted by atomic mass is 10.4. The first-order valence-corrected chi connectivity index (χ1v) is 7.01. The van der Waals surface area contributed by atoms with Crippen molar-refractivity contribution >= 4 is 33.5 Å². The maximum absolute atomic E-state index is 12.1. The molecular formula is C10H8ClN3O5S. The van der Waals surface area contributed by atoms with Crippen molar-refractivity contribution in [2.24, 2.45) is 0 Å². The van der Waals surface area contributed by atoms with Crippen LogP contribution in [0.1, 0.15) is 16.3 Å². The molecule has 20 heavy (non-hydrogen) atoms. The van der Waals surface area contributed by atoms with Crippen molar-refractivity contribution in [1.29, 1.82) is 0 Å². The number of rotatable bonds is 4.